The van der Waals surface area contributed by atoms with Gasteiger partial charge in [0.25, 0.3) is 0 Å². The van der Waals surface area contributed by atoms with E-state index in [0.717, 1.165) is 12.8 Å². The third-order valence-electron chi connectivity index (χ3n) is 3.83. The molecule has 0 amide bonds. The van der Waals surface area contributed by atoms with E-state index < -0.39 is 12.1 Å². The van der Waals surface area contributed by atoms with Gasteiger partial charge in [0, 0.05) is 5.92 Å². The number of methoxy groups -OCH3 is 1. The number of carbonyl (C=O) groups excluding carboxylic acids is 1. The summed E-state index contributed by atoms with van der Waals surface area (Å²) in [6.07, 6.45) is 0.942. The molecule has 1 aliphatic rings. The van der Waals surface area contributed by atoms with Crippen LogP contribution in [0.4, 0.5) is 0 Å². The molecule has 1 aromatic carbocycles. The average Bonchev–Trinajstić information content (AvgIpc) is 3.12. The summed E-state index contributed by atoms with van der Waals surface area (Å²) in [4.78, 5) is 11.4. The van der Waals surface area contributed by atoms with E-state index in [0.29, 0.717) is 5.76 Å². The summed E-state index contributed by atoms with van der Waals surface area (Å²) < 4.78 is 9.98. The largest absolute Gasteiger partial charge is 0.463 e. The molecule has 2 aromatic rings. The van der Waals surface area contributed by atoms with Crippen molar-refractivity contribution >= 4 is 5.97 Å². The molecule has 0 saturated carbocycles. The lowest BCUT2D eigenvalue weighted by molar-refractivity contribution is 0.0539. The van der Waals surface area contributed by atoms with Gasteiger partial charge in [-0.05, 0) is 36.1 Å². The second-order valence-electron chi connectivity index (χ2n) is 5.08. The molecule has 0 fully saturated rings. The number of rotatable bonds is 3. The first-order valence-electron chi connectivity index (χ1n) is 6.62. The van der Waals surface area contributed by atoms with Gasteiger partial charge in [-0.15, -0.1) is 0 Å². The van der Waals surface area contributed by atoms with Crippen LogP contribution in [0.25, 0.3) is 0 Å². The van der Waals surface area contributed by atoms with Crippen LogP contribution in [0.2, 0.25) is 0 Å². The smallest absolute Gasteiger partial charge is 0.373 e. The van der Waals surface area contributed by atoms with E-state index in [-0.39, 0.29) is 11.7 Å². The number of esters is 1. The molecule has 0 bridgehead atoms. The van der Waals surface area contributed by atoms with Crippen molar-refractivity contribution in [3.63, 3.8) is 0 Å². The van der Waals surface area contributed by atoms with Gasteiger partial charge in [0.05, 0.1) is 7.11 Å². The number of hydrogen-bond donors (Lipinski definition) is 1. The van der Waals surface area contributed by atoms with E-state index in [4.69, 9.17) is 4.42 Å². The number of benzene rings is 1. The SMILES string of the molecule is COC(=O)c1ccc(C(O)C2Cc3ccccc3C2)o1. The van der Waals surface area contributed by atoms with Crippen LogP contribution in [0.1, 0.15) is 33.5 Å². The molecule has 0 saturated heterocycles. The summed E-state index contributed by atoms with van der Waals surface area (Å²) in [6.45, 7) is 0. The van der Waals surface area contributed by atoms with Gasteiger partial charge in [0.2, 0.25) is 5.76 Å². The fraction of sp³-hybridized carbons (Fsp3) is 0.312. The summed E-state index contributed by atoms with van der Waals surface area (Å²) in [5.74, 6) is 0.0995. The molecule has 1 atom stereocenters. The second-order valence-corrected chi connectivity index (χ2v) is 5.08. The highest BCUT2D eigenvalue weighted by Crippen LogP contribution is 2.35. The standard InChI is InChI=1S/C16H16O4/c1-19-16(18)14-7-6-13(20-14)15(17)12-8-10-4-2-3-5-11(10)9-12/h2-7,12,15,17H,8-9H2,1H3. The number of furan rings is 1. The van der Waals surface area contributed by atoms with Crippen LogP contribution in [0.5, 0.6) is 0 Å². The van der Waals surface area contributed by atoms with Crippen molar-refractivity contribution in [3.8, 4) is 0 Å². The van der Waals surface area contributed by atoms with Crippen molar-refractivity contribution in [2.45, 2.75) is 18.9 Å². The van der Waals surface area contributed by atoms with Crippen LogP contribution in [0, 0.1) is 5.92 Å². The fourth-order valence-electron chi connectivity index (χ4n) is 2.77. The third-order valence-corrected chi connectivity index (χ3v) is 3.83. The average molecular weight is 272 g/mol. The minimum Gasteiger partial charge on any atom is -0.463 e. The molecule has 1 aromatic heterocycles. The Labute approximate surface area is 117 Å². The Morgan fingerprint density at radius 3 is 2.50 bits per heavy atom. The number of ether oxygens (including phenoxy) is 1. The summed E-state index contributed by atoms with van der Waals surface area (Å²) in [5, 5.41) is 10.4. The Kier molecular flexibility index (Phi) is 3.32. The van der Waals surface area contributed by atoms with E-state index in [1.54, 1.807) is 6.07 Å². The van der Waals surface area contributed by atoms with Crippen molar-refractivity contribution in [2.75, 3.05) is 7.11 Å². The Bertz CT molecular complexity index is 604. The molecule has 0 radical (unpaired) electrons. The first-order valence-corrected chi connectivity index (χ1v) is 6.62. The van der Waals surface area contributed by atoms with Crippen LogP contribution in [0.15, 0.2) is 40.8 Å². The van der Waals surface area contributed by atoms with E-state index in [2.05, 4.69) is 16.9 Å². The first-order chi connectivity index (χ1) is 9.69. The van der Waals surface area contributed by atoms with Crippen LogP contribution >= 0.6 is 0 Å². The molecule has 1 heterocycles. The van der Waals surface area contributed by atoms with Gasteiger partial charge in [-0.3, -0.25) is 0 Å². The fourth-order valence-corrected chi connectivity index (χ4v) is 2.77. The zero-order valence-electron chi connectivity index (χ0n) is 11.2. The molecule has 4 nitrogen and oxygen atoms in total. The Hall–Kier alpha value is -2.07. The maximum absolute atomic E-state index is 11.4. The lowest BCUT2D eigenvalue weighted by Gasteiger charge is -2.15. The minimum absolute atomic E-state index is 0.0871. The maximum Gasteiger partial charge on any atom is 0.373 e. The Balaban J connectivity index is 1.76. The number of fused-ring (bicyclic) bond motifs is 1. The quantitative estimate of drug-likeness (QED) is 0.872. The van der Waals surface area contributed by atoms with Crippen LogP contribution < -0.4 is 0 Å². The molecule has 1 unspecified atom stereocenters. The monoisotopic (exact) mass is 272 g/mol. The summed E-state index contributed by atoms with van der Waals surface area (Å²) in [7, 11) is 1.30. The number of hydrogen-bond acceptors (Lipinski definition) is 4. The normalized spacial score (nSPS) is 15.9. The Morgan fingerprint density at radius 1 is 1.25 bits per heavy atom. The molecule has 20 heavy (non-hydrogen) atoms. The van der Waals surface area contributed by atoms with Gasteiger partial charge >= 0.3 is 5.97 Å². The topological polar surface area (TPSA) is 59.7 Å². The van der Waals surface area contributed by atoms with Gasteiger partial charge in [-0.2, -0.15) is 0 Å². The molecule has 0 aliphatic heterocycles. The van der Waals surface area contributed by atoms with E-state index in [1.807, 2.05) is 12.1 Å². The Morgan fingerprint density at radius 2 is 1.90 bits per heavy atom. The minimum atomic E-state index is -0.708. The van der Waals surface area contributed by atoms with E-state index >= 15 is 0 Å². The maximum atomic E-state index is 11.4. The highest BCUT2D eigenvalue weighted by Gasteiger charge is 2.30. The molecular weight excluding hydrogens is 256 g/mol. The van der Waals surface area contributed by atoms with Crippen LogP contribution in [-0.4, -0.2) is 18.2 Å². The van der Waals surface area contributed by atoms with Crippen LogP contribution in [0.3, 0.4) is 0 Å². The number of aliphatic hydroxyl groups excluding tert-OH is 1. The lowest BCUT2D eigenvalue weighted by Crippen LogP contribution is -2.12. The molecule has 0 spiro atoms. The summed E-state index contributed by atoms with van der Waals surface area (Å²) in [5.41, 5.74) is 2.55. The zero-order valence-corrected chi connectivity index (χ0v) is 11.2. The van der Waals surface area contributed by atoms with Gasteiger partial charge in [-0.1, -0.05) is 24.3 Å². The molecule has 1 aliphatic carbocycles. The van der Waals surface area contributed by atoms with Crippen molar-refractivity contribution in [1.82, 2.24) is 0 Å². The molecule has 104 valence electrons. The van der Waals surface area contributed by atoms with E-state index in [9.17, 15) is 9.90 Å². The van der Waals surface area contributed by atoms with Crippen molar-refractivity contribution in [1.29, 1.82) is 0 Å². The second kappa shape index (κ2) is 5.13. The summed E-state index contributed by atoms with van der Waals surface area (Å²) in [6, 6.07) is 11.4. The third kappa shape index (κ3) is 2.23. The highest BCUT2D eigenvalue weighted by molar-refractivity contribution is 5.86. The molecule has 1 N–H and O–H groups in total. The predicted octanol–water partition coefficient (Wildman–Crippen LogP) is 2.51. The van der Waals surface area contributed by atoms with Crippen LogP contribution in [-0.2, 0) is 17.6 Å². The lowest BCUT2D eigenvalue weighted by atomic mass is 9.97. The van der Waals surface area contributed by atoms with Gasteiger partial charge in [0.15, 0.2) is 0 Å². The predicted molar refractivity (Wildman–Crippen MR) is 72.3 cm³/mol. The van der Waals surface area contributed by atoms with Crippen molar-refractivity contribution in [3.05, 3.63) is 59.0 Å². The number of carbonyl (C=O) groups is 1. The molecule has 3 rings (SSSR count). The molecular formula is C16H16O4. The van der Waals surface area contributed by atoms with Crippen molar-refractivity contribution < 1.29 is 19.1 Å². The van der Waals surface area contributed by atoms with E-state index in [1.165, 1.54) is 24.3 Å². The summed E-state index contributed by atoms with van der Waals surface area (Å²) >= 11 is 0. The number of aliphatic hydroxyl groups is 1. The van der Waals surface area contributed by atoms with Crippen molar-refractivity contribution in [2.24, 2.45) is 5.92 Å². The highest BCUT2D eigenvalue weighted by atomic mass is 16.5. The van der Waals surface area contributed by atoms with Gasteiger partial charge < -0.3 is 14.3 Å². The zero-order chi connectivity index (χ0) is 14.1. The van der Waals surface area contributed by atoms with Gasteiger partial charge in [0.1, 0.15) is 11.9 Å². The first kappa shape index (κ1) is 12.9. The molecule has 4 heteroatoms. The van der Waals surface area contributed by atoms with Gasteiger partial charge in [-0.25, -0.2) is 4.79 Å².